The van der Waals surface area contributed by atoms with E-state index < -0.39 is 92.9 Å². The minimum Gasteiger partial charge on any atom is -0.394 e. The average molecular weight is 458 g/mol. The molecule has 3 rings (SSSR count). The molecular weight excluding hydrogens is 428 g/mol. The van der Waals surface area contributed by atoms with Crippen molar-refractivity contribution in [2.24, 2.45) is 0 Å². The molecule has 9 N–H and O–H groups in total. The van der Waals surface area contributed by atoms with Crippen molar-refractivity contribution in [1.82, 2.24) is 0 Å². The summed E-state index contributed by atoms with van der Waals surface area (Å²) >= 11 is 0. The smallest absolute Gasteiger partial charge is 0.187 e. The lowest BCUT2D eigenvalue weighted by Gasteiger charge is -2.46. The van der Waals surface area contributed by atoms with Gasteiger partial charge in [-0.05, 0) is 0 Å². The third kappa shape index (κ3) is 5.18. The summed E-state index contributed by atoms with van der Waals surface area (Å²) in [7, 11) is 0. The normalized spacial score (nSPS) is 51.2. The van der Waals surface area contributed by atoms with Crippen molar-refractivity contribution >= 4 is 0 Å². The molecule has 0 aromatic heterocycles. The Kier molecular flexibility index (Phi) is 8.56. The van der Waals surface area contributed by atoms with Crippen molar-refractivity contribution < 1.29 is 69.6 Å². The van der Waals surface area contributed by atoms with Crippen molar-refractivity contribution in [1.29, 1.82) is 0 Å². The molecule has 13 atom stereocenters. The number of hydrogen-bond acceptors (Lipinski definition) is 14. The van der Waals surface area contributed by atoms with E-state index in [4.69, 9.17) is 23.7 Å². The Labute approximate surface area is 176 Å². The highest BCUT2D eigenvalue weighted by atomic mass is 16.7. The summed E-state index contributed by atoms with van der Waals surface area (Å²) in [5.41, 5.74) is 0. The lowest BCUT2D eigenvalue weighted by molar-refractivity contribution is -0.360. The molecule has 31 heavy (non-hydrogen) atoms. The van der Waals surface area contributed by atoms with Gasteiger partial charge < -0.3 is 69.6 Å². The van der Waals surface area contributed by atoms with Crippen LogP contribution in [-0.2, 0) is 23.7 Å². The molecule has 0 aromatic carbocycles. The molecule has 0 radical (unpaired) electrons. The van der Waals surface area contributed by atoms with Crippen LogP contribution in [0.15, 0.2) is 0 Å². The van der Waals surface area contributed by atoms with Crippen molar-refractivity contribution in [3.63, 3.8) is 0 Å². The van der Waals surface area contributed by atoms with Crippen LogP contribution < -0.4 is 0 Å². The molecule has 8 unspecified atom stereocenters. The summed E-state index contributed by atoms with van der Waals surface area (Å²) < 4.78 is 26.6. The largest absolute Gasteiger partial charge is 0.394 e. The molecular formula is C17H30O14. The minimum atomic E-state index is -1.76. The van der Waals surface area contributed by atoms with Crippen LogP contribution in [0.5, 0.6) is 0 Å². The van der Waals surface area contributed by atoms with E-state index in [2.05, 4.69) is 0 Å². The quantitative estimate of drug-likeness (QED) is 0.173. The van der Waals surface area contributed by atoms with Gasteiger partial charge in [-0.15, -0.1) is 0 Å². The van der Waals surface area contributed by atoms with E-state index in [-0.39, 0.29) is 13.2 Å². The van der Waals surface area contributed by atoms with Crippen LogP contribution in [0.25, 0.3) is 0 Å². The average Bonchev–Trinajstić information content (AvgIpc) is 3.08. The van der Waals surface area contributed by atoms with Crippen molar-refractivity contribution in [3.05, 3.63) is 0 Å². The summed E-state index contributed by atoms with van der Waals surface area (Å²) in [6, 6.07) is 0. The topological polar surface area (TPSA) is 228 Å². The Balaban J connectivity index is 1.62. The van der Waals surface area contributed by atoms with Gasteiger partial charge in [0.2, 0.25) is 0 Å². The second kappa shape index (κ2) is 10.6. The van der Waals surface area contributed by atoms with E-state index >= 15 is 0 Å². The SMILES string of the molecule is OCC1O[C@@H](O[C@H]2C(CO)O[C@@H](OC[C@H]3OCC(O)C3O)C(O)C2O)C(O)C(O)[C@H]1O. The Morgan fingerprint density at radius 3 is 1.84 bits per heavy atom. The molecule has 3 fully saturated rings. The van der Waals surface area contributed by atoms with Gasteiger partial charge in [-0.25, -0.2) is 0 Å². The Morgan fingerprint density at radius 2 is 1.26 bits per heavy atom. The van der Waals surface area contributed by atoms with Crippen LogP contribution in [0.3, 0.4) is 0 Å². The van der Waals surface area contributed by atoms with Crippen LogP contribution in [-0.4, -0.2) is 152 Å². The molecule has 0 saturated carbocycles. The van der Waals surface area contributed by atoms with Crippen LogP contribution in [0.2, 0.25) is 0 Å². The third-order valence-electron chi connectivity index (χ3n) is 5.64. The van der Waals surface area contributed by atoms with Crippen LogP contribution in [0, 0.1) is 0 Å². The Morgan fingerprint density at radius 1 is 0.645 bits per heavy atom. The van der Waals surface area contributed by atoms with E-state index in [1.807, 2.05) is 0 Å². The highest BCUT2D eigenvalue weighted by Crippen LogP contribution is 2.30. The number of aliphatic hydroxyl groups excluding tert-OH is 9. The van der Waals surface area contributed by atoms with Gasteiger partial charge in [-0.3, -0.25) is 0 Å². The van der Waals surface area contributed by atoms with Crippen LogP contribution in [0.4, 0.5) is 0 Å². The summed E-state index contributed by atoms with van der Waals surface area (Å²) in [6.45, 7) is -1.78. The predicted molar refractivity (Wildman–Crippen MR) is 94.1 cm³/mol. The molecule has 3 saturated heterocycles. The first-order valence-corrected chi connectivity index (χ1v) is 9.87. The molecule has 3 heterocycles. The zero-order chi connectivity index (χ0) is 22.9. The van der Waals surface area contributed by atoms with E-state index in [9.17, 15) is 46.0 Å². The molecule has 3 aliphatic heterocycles. The van der Waals surface area contributed by atoms with Crippen molar-refractivity contribution in [3.8, 4) is 0 Å². The monoisotopic (exact) mass is 458 g/mol. The molecule has 182 valence electrons. The van der Waals surface area contributed by atoms with Gasteiger partial charge in [0.05, 0.1) is 26.4 Å². The Hall–Kier alpha value is -0.560. The maximum absolute atomic E-state index is 10.5. The molecule has 14 heteroatoms. The van der Waals surface area contributed by atoms with E-state index in [0.29, 0.717) is 0 Å². The zero-order valence-electron chi connectivity index (χ0n) is 16.4. The van der Waals surface area contributed by atoms with Crippen molar-refractivity contribution in [2.45, 2.75) is 79.7 Å². The fourth-order valence-corrected chi connectivity index (χ4v) is 3.70. The Bertz CT molecular complexity index is 563. The number of aliphatic hydroxyl groups is 9. The summed E-state index contributed by atoms with van der Waals surface area (Å²) in [4.78, 5) is 0. The van der Waals surface area contributed by atoms with E-state index in [1.54, 1.807) is 0 Å². The zero-order valence-corrected chi connectivity index (χ0v) is 16.4. The van der Waals surface area contributed by atoms with Crippen LogP contribution in [0.1, 0.15) is 0 Å². The number of hydrogen-bond donors (Lipinski definition) is 9. The van der Waals surface area contributed by atoms with Gasteiger partial charge in [0.15, 0.2) is 12.6 Å². The van der Waals surface area contributed by atoms with Gasteiger partial charge >= 0.3 is 0 Å². The lowest BCUT2D eigenvalue weighted by Crippen LogP contribution is -2.64. The van der Waals surface area contributed by atoms with Gasteiger partial charge in [0.25, 0.3) is 0 Å². The predicted octanol–water partition coefficient (Wildman–Crippen LogP) is -6.25. The van der Waals surface area contributed by atoms with Crippen molar-refractivity contribution in [2.75, 3.05) is 26.4 Å². The summed E-state index contributed by atoms with van der Waals surface area (Å²) in [5.74, 6) is 0. The summed E-state index contributed by atoms with van der Waals surface area (Å²) in [6.07, 6.45) is -18.7. The van der Waals surface area contributed by atoms with E-state index in [0.717, 1.165) is 0 Å². The third-order valence-corrected chi connectivity index (χ3v) is 5.64. The highest BCUT2D eigenvalue weighted by Gasteiger charge is 2.51. The fourth-order valence-electron chi connectivity index (χ4n) is 3.70. The second-order valence-electron chi connectivity index (χ2n) is 7.77. The molecule has 14 nitrogen and oxygen atoms in total. The molecule has 0 amide bonds. The van der Waals surface area contributed by atoms with Crippen LogP contribution >= 0.6 is 0 Å². The molecule has 0 spiro atoms. The molecule has 0 aliphatic carbocycles. The van der Waals surface area contributed by atoms with Gasteiger partial charge in [-0.2, -0.15) is 0 Å². The minimum absolute atomic E-state index is 0.0971. The maximum Gasteiger partial charge on any atom is 0.187 e. The van der Waals surface area contributed by atoms with Gasteiger partial charge in [0, 0.05) is 0 Å². The number of rotatable bonds is 7. The molecule has 3 aliphatic rings. The fraction of sp³-hybridized carbons (Fsp3) is 1.00. The summed E-state index contributed by atoms with van der Waals surface area (Å²) in [5, 5.41) is 88.8. The second-order valence-corrected chi connectivity index (χ2v) is 7.77. The van der Waals surface area contributed by atoms with Gasteiger partial charge in [-0.1, -0.05) is 0 Å². The maximum atomic E-state index is 10.5. The molecule has 0 aromatic rings. The lowest BCUT2D eigenvalue weighted by atomic mass is 9.97. The number of ether oxygens (including phenoxy) is 5. The van der Waals surface area contributed by atoms with Gasteiger partial charge in [0.1, 0.15) is 67.1 Å². The highest BCUT2D eigenvalue weighted by molar-refractivity contribution is 4.94. The molecule has 0 bridgehead atoms. The first-order valence-electron chi connectivity index (χ1n) is 9.87. The first kappa shape index (κ1) is 25.1. The van der Waals surface area contributed by atoms with E-state index in [1.165, 1.54) is 0 Å². The standard InChI is InChI=1S/C17H30O14/c18-1-6-10(22)11(23)13(25)17(29-6)31-15-7(2-19)30-16(14(26)12(15)24)28-4-8-9(21)5(20)3-27-8/h5-26H,1-4H2/t5?,6?,7?,8-,9?,10+,11?,12?,13?,14?,15+,16-,17+/m1/s1. The first-order chi connectivity index (χ1) is 14.7.